The second-order valence-electron chi connectivity index (χ2n) is 5.04. The molecule has 2 aromatic carbocycles. The van der Waals surface area contributed by atoms with Gasteiger partial charge in [-0.1, -0.05) is 23.8 Å². The van der Waals surface area contributed by atoms with E-state index in [0.717, 1.165) is 5.56 Å². The predicted molar refractivity (Wildman–Crippen MR) is 81.5 cm³/mol. The van der Waals surface area contributed by atoms with Crippen molar-refractivity contribution < 1.29 is 9.18 Å². The number of nitrogens with zero attached hydrogens (tertiary/aromatic N) is 4. The molecule has 0 fully saturated rings. The van der Waals surface area contributed by atoms with Crippen LogP contribution in [0.1, 0.15) is 21.7 Å². The summed E-state index contributed by atoms with van der Waals surface area (Å²) >= 11 is 0. The molecular formula is C16H14FN5O. The summed E-state index contributed by atoms with van der Waals surface area (Å²) in [6, 6.07) is 13.2. The Bertz CT molecular complexity index is 846. The average Bonchev–Trinajstić information content (AvgIpc) is 3.01. The van der Waals surface area contributed by atoms with Gasteiger partial charge in [-0.2, -0.15) is 4.68 Å². The number of benzene rings is 2. The van der Waals surface area contributed by atoms with E-state index in [1.807, 2.05) is 19.1 Å². The van der Waals surface area contributed by atoms with Gasteiger partial charge in [-0.05, 0) is 47.7 Å². The number of nitrogens with one attached hydrogen (secondary N) is 1. The van der Waals surface area contributed by atoms with E-state index < -0.39 is 0 Å². The van der Waals surface area contributed by atoms with Crippen LogP contribution in [0.15, 0.2) is 48.5 Å². The summed E-state index contributed by atoms with van der Waals surface area (Å²) < 4.78 is 14.7. The maximum atomic E-state index is 13.3. The van der Waals surface area contributed by atoms with E-state index >= 15 is 0 Å². The normalized spacial score (nSPS) is 10.5. The van der Waals surface area contributed by atoms with Crippen molar-refractivity contribution in [1.82, 2.24) is 25.5 Å². The number of carbonyl (C=O) groups excluding carboxylic acids is 1. The minimum Gasteiger partial charge on any atom is -0.345 e. The Labute approximate surface area is 132 Å². The van der Waals surface area contributed by atoms with Gasteiger partial charge >= 0.3 is 0 Å². The summed E-state index contributed by atoms with van der Waals surface area (Å²) in [5.41, 5.74) is 2.06. The fourth-order valence-corrected chi connectivity index (χ4v) is 2.17. The summed E-state index contributed by atoms with van der Waals surface area (Å²) in [4.78, 5) is 12.1. The second kappa shape index (κ2) is 6.35. The molecule has 0 saturated carbocycles. The van der Waals surface area contributed by atoms with Crippen molar-refractivity contribution in [3.05, 3.63) is 71.3 Å². The molecule has 3 rings (SSSR count). The zero-order valence-electron chi connectivity index (χ0n) is 12.4. The molecule has 0 atom stereocenters. The van der Waals surface area contributed by atoms with Gasteiger partial charge in [0, 0.05) is 5.56 Å². The van der Waals surface area contributed by atoms with Gasteiger partial charge < -0.3 is 5.32 Å². The fraction of sp³-hybridized carbons (Fsp3) is 0.125. The summed E-state index contributed by atoms with van der Waals surface area (Å²) in [6.07, 6.45) is 0. The average molecular weight is 311 g/mol. The number of tetrazole rings is 1. The van der Waals surface area contributed by atoms with Crippen LogP contribution in [-0.4, -0.2) is 26.1 Å². The number of carbonyl (C=O) groups is 1. The molecular weight excluding hydrogens is 297 g/mol. The van der Waals surface area contributed by atoms with E-state index in [0.29, 0.717) is 17.1 Å². The summed E-state index contributed by atoms with van der Waals surface area (Å²) in [6.45, 7) is 2.05. The van der Waals surface area contributed by atoms with Crippen molar-refractivity contribution in [3.63, 3.8) is 0 Å². The lowest BCUT2D eigenvalue weighted by molar-refractivity contribution is 0.0949. The molecule has 0 unspecified atom stereocenters. The van der Waals surface area contributed by atoms with Crippen LogP contribution in [0, 0.1) is 12.7 Å². The Kier molecular flexibility index (Phi) is 4.09. The quantitative estimate of drug-likeness (QED) is 0.800. The van der Waals surface area contributed by atoms with E-state index in [1.54, 1.807) is 24.3 Å². The van der Waals surface area contributed by atoms with Crippen molar-refractivity contribution in [1.29, 1.82) is 0 Å². The molecule has 0 bridgehead atoms. The van der Waals surface area contributed by atoms with Crippen molar-refractivity contribution in [2.75, 3.05) is 0 Å². The Morgan fingerprint density at radius 2 is 2.04 bits per heavy atom. The second-order valence-corrected chi connectivity index (χ2v) is 5.04. The highest BCUT2D eigenvalue weighted by molar-refractivity contribution is 5.94. The number of aryl methyl sites for hydroxylation is 1. The number of aromatic nitrogens is 4. The monoisotopic (exact) mass is 311 g/mol. The topological polar surface area (TPSA) is 72.7 Å². The number of hydrogen-bond acceptors (Lipinski definition) is 4. The van der Waals surface area contributed by atoms with Crippen LogP contribution in [0.4, 0.5) is 4.39 Å². The highest BCUT2D eigenvalue weighted by Gasteiger charge is 2.11. The Morgan fingerprint density at radius 1 is 1.22 bits per heavy atom. The first-order chi connectivity index (χ1) is 11.1. The van der Waals surface area contributed by atoms with Crippen molar-refractivity contribution in [2.45, 2.75) is 13.5 Å². The van der Waals surface area contributed by atoms with Crippen LogP contribution < -0.4 is 5.32 Å². The van der Waals surface area contributed by atoms with Crippen molar-refractivity contribution >= 4 is 5.91 Å². The lowest BCUT2D eigenvalue weighted by Crippen LogP contribution is -2.24. The lowest BCUT2D eigenvalue weighted by atomic mass is 10.1. The number of rotatable bonds is 4. The van der Waals surface area contributed by atoms with Gasteiger partial charge in [0.1, 0.15) is 5.82 Å². The first-order valence-corrected chi connectivity index (χ1v) is 7.01. The van der Waals surface area contributed by atoms with Crippen LogP contribution in [0.2, 0.25) is 0 Å². The molecule has 0 saturated heterocycles. The summed E-state index contributed by atoms with van der Waals surface area (Å²) in [5.74, 6) is -0.188. The van der Waals surface area contributed by atoms with Gasteiger partial charge in [0.15, 0.2) is 5.82 Å². The molecule has 7 heteroatoms. The third kappa shape index (κ3) is 3.39. The molecule has 1 amide bonds. The number of amides is 1. The molecule has 0 radical (unpaired) electrons. The zero-order valence-corrected chi connectivity index (χ0v) is 12.4. The molecule has 0 aliphatic heterocycles. The lowest BCUT2D eigenvalue weighted by Gasteiger charge is -2.07. The predicted octanol–water partition coefficient (Wildman–Crippen LogP) is 2.04. The molecule has 1 heterocycles. The van der Waals surface area contributed by atoms with Crippen LogP contribution in [0.25, 0.3) is 5.69 Å². The van der Waals surface area contributed by atoms with Gasteiger partial charge in [0.05, 0.1) is 12.2 Å². The van der Waals surface area contributed by atoms with E-state index in [-0.39, 0.29) is 18.3 Å². The minimum atomic E-state index is -0.382. The molecule has 116 valence electrons. The SMILES string of the molecule is Cc1cccc(C(=O)NCc2nnnn2-c2cccc(F)c2)c1. The third-order valence-corrected chi connectivity index (χ3v) is 3.27. The summed E-state index contributed by atoms with van der Waals surface area (Å²) in [7, 11) is 0. The van der Waals surface area contributed by atoms with E-state index in [4.69, 9.17) is 0 Å². The van der Waals surface area contributed by atoms with E-state index in [9.17, 15) is 9.18 Å². The van der Waals surface area contributed by atoms with Gasteiger partial charge in [-0.25, -0.2) is 4.39 Å². The Balaban J connectivity index is 1.75. The van der Waals surface area contributed by atoms with Crippen molar-refractivity contribution in [2.24, 2.45) is 0 Å². The van der Waals surface area contributed by atoms with Gasteiger partial charge in [-0.15, -0.1) is 5.10 Å². The van der Waals surface area contributed by atoms with E-state index in [2.05, 4.69) is 20.8 Å². The van der Waals surface area contributed by atoms with Crippen LogP contribution in [-0.2, 0) is 6.54 Å². The molecule has 0 aliphatic carbocycles. The van der Waals surface area contributed by atoms with Gasteiger partial charge in [0.25, 0.3) is 5.91 Å². The molecule has 1 aromatic heterocycles. The standard InChI is InChI=1S/C16H14FN5O/c1-11-4-2-5-12(8-11)16(23)18-10-15-19-20-21-22(15)14-7-3-6-13(17)9-14/h2-9H,10H2,1H3,(H,18,23). The molecule has 1 N–H and O–H groups in total. The highest BCUT2D eigenvalue weighted by Crippen LogP contribution is 2.10. The van der Waals surface area contributed by atoms with E-state index in [1.165, 1.54) is 16.8 Å². The van der Waals surface area contributed by atoms with Crippen LogP contribution in [0.3, 0.4) is 0 Å². The first-order valence-electron chi connectivity index (χ1n) is 7.01. The smallest absolute Gasteiger partial charge is 0.251 e. The van der Waals surface area contributed by atoms with Crippen molar-refractivity contribution in [3.8, 4) is 5.69 Å². The van der Waals surface area contributed by atoms with Gasteiger partial charge in [-0.3, -0.25) is 4.79 Å². The summed E-state index contributed by atoms with van der Waals surface area (Å²) in [5, 5.41) is 14.0. The largest absolute Gasteiger partial charge is 0.345 e. The highest BCUT2D eigenvalue weighted by atomic mass is 19.1. The van der Waals surface area contributed by atoms with Crippen LogP contribution >= 0.6 is 0 Å². The maximum Gasteiger partial charge on any atom is 0.251 e. The number of hydrogen-bond donors (Lipinski definition) is 1. The number of halogens is 1. The first kappa shape index (κ1) is 14.8. The molecule has 23 heavy (non-hydrogen) atoms. The molecule has 3 aromatic rings. The molecule has 0 aliphatic rings. The van der Waals surface area contributed by atoms with Crippen LogP contribution in [0.5, 0.6) is 0 Å². The Hall–Kier alpha value is -3.09. The maximum absolute atomic E-state index is 13.3. The minimum absolute atomic E-state index is 0.135. The molecule has 6 nitrogen and oxygen atoms in total. The third-order valence-electron chi connectivity index (χ3n) is 3.27. The zero-order chi connectivity index (χ0) is 16.2. The van der Waals surface area contributed by atoms with Gasteiger partial charge in [0.2, 0.25) is 0 Å². The fourth-order valence-electron chi connectivity index (χ4n) is 2.17. The Morgan fingerprint density at radius 3 is 2.83 bits per heavy atom. The molecule has 0 spiro atoms.